The minimum Gasteiger partial charge on any atom is -0.321 e. The highest BCUT2D eigenvalue weighted by atomic mass is 32.1. The number of thiophene rings is 1. The molecule has 18 heavy (non-hydrogen) atoms. The number of hydrogen-bond acceptors (Lipinski definition) is 2. The van der Waals surface area contributed by atoms with Gasteiger partial charge in [0.25, 0.3) is 0 Å². The first kappa shape index (κ1) is 12.2. The number of nitrogens with two attached hydrogens (primary N) is 1. The molecule has 0 radical (unpaired) electrons. The molecule has 96 valence electrons. The number of benzene rings is 1. The molecule has 1 unspecified atom stereocenters. The lowest BCUT2D eigenvalue weighted by molar-refractivity contribution is 0.0993. The fourth-order valence-corrected chi connectivity index (χ4v) is 4.38. The van der Waals surface area contributed by atoms with Gasteiger partial charge >= 0.3 is 0 Å². The summed E-state index contributed by atoms with van der Waals surface area (Å²) in [5, 5.41) is 3.51. The van der Waals surface area contributed by atoms with Crippen molar-refractivity contribution in [1.29, 1.82) is 0 Å². The maximum atomic E-state index is 6.89. The lowest BCUT2D eigenvalue weighted by atomic mass is 9.61. The van der Waals surface area contributed by atoms with Crippen molar-refractivity contribution in [2.24, 2.45) is 11.1 Å². The first-order chi connectivity index (χ1) is 8.55. The highest BCUT2D eigenvalue weighted by Crippen LogP contribution is 2.50. The summed E-state index contributed by atoms with van der Waals surface area (Å²) in [5.74, 6) is 0. The number of rotatable bonds is 1. The van der Waals surface area contributed by atoms with Gasteiger partial charge in [0.05, 0.1) is 0 Å². The van der Waals surface area contributed by atoms with Crippen LogP contribution in [0.1, 0.15) is 45.1 Å². The molecule has 3 rings (SSSR count). The highest BCUT2D eigenvalue weighted by molar-refractivity contribution is 7.17. The second-order valence-electron chi connectivity index (χ2n) is 6.21. The van der Waals surface area contributed by atoms with Crippen molar-refractivity contribution < 1.29 is 0 Å². The SMILES string of the molecule is CC1(C)CCCCC1(N)c1cccc2ccsc12. The van der Waals surface area contributed by atoms with Gasteiger partial charge in [-0.1, -0.05) is 44.9 Å². The van der Waals surface area contributed by atoms with Gasteiger partial charge in [-0.3, -0.25) is 0 Å². The first-order valence-corrected chi connectivity index (χ1v) is 7.68. The van der Waals surface area contributed by atoms with Crippen molar-refractivity contribution in [3.05, 3.63) is 35.2 Å². The van der Waals surface area contributed by atoms with Crippen LogP contribution < -0.4 is 5.73 Å². The van der Waals surface area contributed by atoms with E-state index < -0.39 is 0 Å². The lowest BCUT2D eigenvalue weighted by Gasteiger charge is -2.48. The zero-order valence-corrected chi connectivity index (χ0v) is 12.0. The maximum Gasteiger partial charge on any atom is 0.0475 e. The Labute approximate surface area is 113 Å². The van der Waals surface area contributed by atoms with E-state index in [1.165, 1.54) is 34.9 Å². The number of fused-ring (bicyclic) bond motifs is 1. The maximum absolute atomic E-state index is 6.89. The fourth-order valence-electron chi connectivity index (χ4n) is 3.38. The van der Waals surface area contributed by atoms with E-state index in [4.69, 9.17) is 5.73 Å². The average molecular weight is 259 g/mol. The normalized spacial score (nSPS) is 27.5. The highest BCUT2D eigenvalue weighted by Gasteiger charge is 2.45. The van der Waals surface area contributed by atoms with Crippen LogP contribution in [0.15, 0.2) is 29.6 Å². The Hall–Kier alpha value is -0.860. The molecule has 1 aliphatic rings. The van der Waals surface area contributed by atoms with Crippen molar-refractivity contribution in [1.82, 2.24) is 0 Å². The van der Waals surface area contributed by atoms with Gasteiger partial charge in [0.2, 0.25) is 0 Å². The van der Waals surface area contributed by atoms with Crippen LogP contribution in [0.2, 0.25) is 0 Å². The van der Waals surface area contributed by atoms with Crippen LogP contribution in [0.5, 0.6) is 0 Å². The molecular formula is C16H21NS. The lowest BCUT2D eigenvalue weighted by Crippen LogP contribution is -2.51. The topological polar surface area (TPSA) is 26.0 Å². The summed E-state index contributed by atoms with van der Waals surface area (Å²) in [7, 11) is 0. The summed E-state index contributed by atoms with van der Waals surface area (Å²) in [6.07, 6.45) is 4.90. The van der Waals surface area contributed by atoms with Crippen LogP contribution in [0.25, 0.3) is 10.1 Å². The molecule has 0 amide bonds. The minimum atomic E-state index is -0.171. The van der Waals surface area contributed by atoms with E-state index in [0.29, 0.717) is 0 Å². The van der Waals surface area contributed by atoms with E-state index >= 15 is 0 Å². The van der Waals surface area contributed by atoms with Gasteiger partial charge in [-0.05, 0) is 40.7 Å². The molecule has 0 aliphatic heterocycles. The second-order valence-corrected chi connectivity index (χ2v) is 7.12. The molecule has 2 aromatic rings. The average Bonchev–Trinajstić information content (AvgIpc) is 2.80. The molecule has 1 aromatic carbocycles. The number of hydrogen-bond donors (Lipinski definition) is 1. The summed E-state index contributed by atoms with van der Waals surface area (Å²) >= 11 is 1.83. The van der Waals surface area contributed by atoms with Crippen LogP contribution in [-0.2, 0) is 5.54 Å². The molecule has 0 saturated heterocycles. The molecule has 2 N–H and O–H groups in total. The Balaban J connectivity index is 2.20. The molecule has 1 nitrogen and oxygen atoms in total. The summed E-state index contributed by atoms with van der Waals surface area (Å²) in [5.41, 5.74) is 8.26. The molecule has 0 spiro atoms. The van der Waals surface area contributed by atoms with E-state index in [1.54, 1.807) is 0 Å². The Morgan fingerprint density at radius 2 is 1.89 bits per heavy atom. The van der Waals surface area contributed by atoms with Crippen LogP contribution in [0.4, 0.5) is 0 Å². The monoisotopic (exact) mass is 259 g/mol. The van der Waals surface area contributed by atoms with Gasteiger partial charge in [-0.15, -0.1) is 11.3 Å². The quantitative estimate of drug-likeness (QED) is 0.792. The van der Waals surface area contributed by atoms with Gasteiger partial charge in [0.1, 0.15) is 0 Å². The van der Waals surface area contributed by atoms with Crippen molar-refractivity contribution in [2.75, 3.05) is 0 Å². The summed E-state index contributed by atoms with van der Waals surface area (Å²) in [6.45, 7) is 4.66. The fraction of sp³-hybridized carbons (Fsp3) is 0.500. The first-order valence-electron chi connectivity index (χ1n) is 6.80. The Morgan fingerprint density at radius 1 is 1.11 bits per heavy atom. The van der Waals surface area contributed by atoms with E-state index in [2.05, 4.69) is 43.5 Å². The van der Waals surface area contributed by atoms with Crippen molar-refractivity contribution >= 4 is 21.4 Å². The van der Waals surface area contributed by atoms with Gasteiger partial charge < -0.3 is 5.73 Å². The predicted molar refractivity (Wildman–Crippen MR) is 79.9 cm³/mol. The molecule has 1 atom stereocenters. The van der Waals surface area contributed by atoms with Crippen LogP contribution in [0.3, 0.4) is 0 Å². The van der Waals surface area contributed by atoms with Crippen molar-refractivity contribution in [3.8, 4) is 0 Å². The minimum absolute atomic E-state index is 0.171. The third-order valence-electron chi connectivity index (χ3n) is 4.79. The summed E-state index contributed by atoms with van der Waals surface area (Å²) in [4.78, 5) is 0. The molecular weight excluding hydrogens is 238 g/mol. The third kappa shape index (κ3) is 1.63. The predicted octanol–water partition coefficient (Wildman–Crippen LogP) is 4.66. The standard InChI is InChI=1S/C16H21NS/c1-15(2)9-3-4-10-16(15,17)13-7-5-6-12-8-11-18-14(12)13/h5-8,11H,3-4,9-10,17H2,1-2H3. The second kappa shape index (κ2) is 4.07. The van der Waals surface area contributed by atoms with E-state index in [0.717, 1.165) is 6.42 Å². The molecule has 1 aromatic heterocycles. The van der Waals surface area contributed by atoms with E-state index in [-0.39, 0.29) is 11.0 Å². The molecule has 2 heteroatoms. The Bertz CT molecular complexity index is 569. The van der Waals surface area contributed by atoms with Crippen LogP contribution in [-0.4, -0.2) is 0 Å². The van der Waals surface area contributed by atoms with Gasteiger partial charge in [-0.25, -0.2) is 0 Å². The zero-order valence-electron chi connectivity index (χ0n) is 11.2. The molecule has 1 aliphatic carbocycles. The van der Waals surface area contributed by atoms with Gasteiger partial charge in [0.15, 0.2) is 0 Å². The molecule has 1 fully saturated rings. The van der Waals surface area contributed by atoms with Crippen LogP contribution in [0, 0.1) is 5.41 Å². The zero-order chi connectivity index (χ0) is 12.8. The summed E-state index contributed by atoms with van der Waals surface area (Å²) in [6, 6.07) is 8.78. The van der Waals surface area contributed by atoms with Crippen molar-refractivity contribution in [2.45, 2.75) is 45.1 Å². The molecule has 1 saturated carbocycles. The van der Waals surface area contributed by atoms with E-state index in [9.17, 15) is 0 Å². The van der Waals surface area contributed by atoms with Crippen LogP contribution >= 0.6 is 11.3 Å². The van der Waals surface area contributed by atoms with Crippen molar-refractivity contribution in [3.63, 3.8) is 0 Å². The smallest absolute Gasteiger partial charge is 0.0475 e. The Morgan fingerprint density at radius 3 is 2.67 bits per heavy atom. The molecule has 0 bridgehead atoms. The Kier molecular flexibility index (Phi) is 2.76. The third-order valence-corrected chi connectivity index (χ3v) is 5.75. The summed E-state index contributed by atoms with van der Waals surface area (Å²) < 4.78 is 1.38. The van der Waals surface area contributed by atoms with E-state index in [1.807, 2.05) is 11.3 Å². The van der Waals surface area contributed by atoms with Gasteiger partial charge in [0, 0.05) is 10.2 Å². The van der Waals surface area contributed by atoms with Gasteiger partial charge in [-0.2, -0.15) is 0 Å². The largest absolute Gasteiger partial charge is 0.321 e. The molecule has 1 heterocycles.